The molecule has 0 spiro atoms. The molecule has 2 rings (SSSR count). The van der Waals surface area contributed by atoms with E-state index in [1.165, 1.54) is 5.56 Å². The van der Waals surface area contributed by atoms with Gasteiger partial charge in [-0.05, 0) is 49.6 Å². The number of aryl methyl sites for hydroxylation is 1. The van der Waals surface area contributed by atoms with E-state index in [1.54, 1.807) is 12.1 Å². The average molecular weight is 230 g/mol. The molecule has 0 aliphatic rings. The second kappa shape index (κ2) is 4.28. The van der Waals surface area contributed by atoms with Crippen LogP contribution < -0.4 is 0 Å². The number of furan rings is 1. The van der Waals surface area contributed by atoms with Gasteiger partial charge in [-0.1, -0.05) is 19.1 Å². The standard InChI is InChI=1S/C15H18O2/c1-4-11-9-14(17-10-11)15(2,3)12-5-7-13(16)8-6-12/h5-10,16H,4H2,1-3H3. The number of phenolic OH excluding ortho intramolecular Hbond substituents is 1. The second-order valence-corrected chi connectivity index (χ2v) is 4.84. The molecule has 1 aromatic heterocycles. The fourth-order valence-corrected chi connectivity index (χ4v) is 1.91. The highest BCUT2D eigenvalue weighted by molar-refractivity contribution is 5.37. The predicted octanol–water partition coefficient (Wildman–Crippen LogP) is 3.87. The Balaban J connectivity index is 2.37. The Labute approximate surface area is 102 Å². The lowest BCUT2D eigenvalue weighted by molar-refractivity contribution is 0.428. The lowest BCUT2D eigenvalue weighted by atomic mass is 9.82. The molecule has 0 aliphatic heterocycles. The Kier molecular flexibility index (Phi) is 2.97. The van der Waals surface area contributed by atoms with Gasteiger partial charge in [-0.2, -0.15) is 0 Å². The van der Waals surface area contributed by atoms with Crippen molar-refractivity contribution in [3.63, 3.8) is 0 Å². The molecule has 0 bridgehead atoms. The third-order valence-electron chi connectivity index (χ3n) is 3.27. The number of phenols is 1. The summed E-state index contributed by atoms with van der Waals surface area (Å²) in [6.07, 6.45) is 2.80. The van der Waals surface area contributed by atoms with Crippen molar-refractivity contribution in [3.8, 4) is 5.75 Å². The van der Waals surface area contributed by atoms with Crippen LogP contribution in [0.1, 0.15) is 37.7 Å². The van der Waals surface area contributed by atoms with Crippen LogP contribution in [0.4, 0.5) is 0 Å². The molecule has 1 heterocycles. The van der Waals surface area contributed by atoms with Crippen LogP contribution in [0.5, 0.6) is 5.75 Å². The normalized spacial score (nSPS) is 11.7. The Hall–Kier alpha value is -1.70. The van der Waals surface area contributed by atoms with Crippen molar-refractivity contribution in [2.45, 2.75) is 32.6 Å². The van der Waals surface area contributed by atoms with Crippen molar-refractivity contribution in [1.82, 2.24) is 0 Å². The van der Waals surface area contributed by atoms with Gasteiger partial charge in [-0.3, -0.25) is 0 Å². The summed E-state index contributed by atoms with van der Waals surface area (Å²) in [6, 6.07) is 9.39. The summed E-state index contributed by atoms with van der Waals surface area (Å²) in [5, 5.41) is 9.31. The Bertz CT molecular complexity index is 492. The zero-order valence-corrected chi connectivity index (χ0v) is 10.5. The van der Waals surface area contributed by atoms with E-state index in [-0.39, 0.29) is 5.41 Å². The highest BCUT2D eigenvalue weighted by Crippen LogP contribution is 2.33. The van der Waals surface area contributed by atoms with Crippen molar-refractivity contribution in [3.05, 3.63) is 53.5 Å². The summed E-state index contributed by atoms with van der Waals surface area (Å²) >= 11 is 0. The van der Waals surface area contributed by atoms with E-state index >= 15 is 0 Å². The minimum atomic E-state index is -0.179. The smallest absolute Gasteiger partial charge is 0.115 e. The quantitative estimate of drug-likeness (QED) is 0.868. The van der Waals surface area contributed by atoms with Gasteiger partial charge >= 0.3 is 0 Å². The molecule has 0 fully saturated rings. The van der Waals surface area contributed by atoms with E-state index in [0.29, 0.717) is 5.75 Å². The predicted molar refractivity (Wildman–Crippen MR) is 68.3 cm³/mol. The van der Waals surface area contributed by atoms with Crippen LogP contribution in [0, 0.1) is 0 Å². The molecule has 2 nitrogen and oxygen atoms in total. The zero-order chi connectivity index (χ0) is 12.5. The summed E-state index contributed by atoms with van der Waals surface area (Å²) in [5.41, 5.74) is 2.17. The first-order chi connectivity index (χ1) is 8.04. The molecule has 2 heteroatoms. The van der Waals surface area contributed by atoms with Crippen LogP contribution in [0.3, 0.4) is 0 Å². The fraction of sp³-hybridized carbons (Fsp3) is 0.333. The van der Waals surface area contributed by atoms with Crippen molar-refractivity contribution >= 4 is 0 Å². The van der Waals surface area contributed by atoms with E-state index in [0.717, 1.165) is 17.7 Å². The first-order valence-corrected chi connectivity index (χ1v) is 5.91. The van der Waals surface area contributed by atoms with E-state index in [1.807, 2.05) is 18.4 Å². The Morgan fingerprint density at radius 1 is 1.18 bits per heavy atom. The Morgan fingerprint density at radius 3 is 2.35 bits per heavy atom. The summed E-state index contributed by atoms with van der Waals surface area (Å²) in [6.45, 7) is 6.36. The van der Waals surface area contributed by atoms with Crippen LogP contribution in [0.25, 0.3) is 0 Å². The maximum absolute atomic E-state index is 9.31. The van der Waals surface area contributed by atoms with Gasteiger partial charge < -0.3 is 9.52 Å². The number of benzene rings is 1. The average Bonchev–Trinajstić information content (AvgIpc) is 2.78. The van der Waals surface area contributed by atoms with E-state index < -0.39 is 0 Å². The number of hydrogen-bond donors (Lipinski definition) is 1. The highest BCUT2D eigenvalue weighted by atomic mass is 16.3. The van der Waals surface area contributed by atoms with E-state index in [2.05, 4.69) is 26.8 Å². The molecule has 0 amide bonds. The molecular weight excluding hydrogens is 212 g/mol. The molecular formula is C15H18O2. The number of rotatable bonds is 3. The van der Waals surface area contributed by atoms with Gasteiger partial charge in [-0.25, -0.2) is 0 Å². The summed E-state index contributed by atoms with van der Waals surface area (Å²) in [4.78, 5) is 0. The molecule has 2 aromatic rings. The molecule has 0 radical (unpaired) electrons. The van der Waals surface area contributed by atoms with Crippen molar-refractivity contribution in [2.75, 3.05) is 0 Å². The molecule has 1 N–H and O–H groups in total. The van der Waals surface area contributed by atoms with Crippen LogP contribution in [-0.2, 0) is 11.8 Å². The summed E-state index contributed by atoms with van der Waals surface area (Å²) in [5.74, 6) is 1.25. The van der Waals surface area contributed by atoms with Gasteiger partial charge in [0, 0.05) is 5.41 Å². The topological polar surface area (TPSA) is 33.4 Å². The fourth-order valence-electron chi connectivity index (χ4n) is 1.91. The maximum atomic E-state index is 9.31. The minimum absolute atomic E-state index is 0.179. The first-order valence-electron chi connectivity index (χ1n) is 5.91. The van der Waals surface area contributed by atoms with Gasteiger partial charge in [0.25, 0.3) is 0 Å². The van der Waals surface area contributed by atoms with Crippen molar-refractivity contribution in [2.24, 2.45) is 0 Å². The SMILES string of the molecule is CCc1coc(C(C)(C)c2ccc(O)cc2)c1. The van der Waals surface area contributed by atoms with Crippen LogP contribution in [-0.4, -0.2) is 5.11 Å². The lowest BCUT2D eigenvalue weighted by Gasteiger charge is -2.22. The first kappa shape index (κ1) is 11.8. The van der Waals surface area contributed by atoms with E-state index in [9.17, 15) is 5.11 Å². The number of hydrogen-bond acceptors (Lipinski definition) is 2. The van der Waals surface area contributed by atoms with Crippen molar-refractivity contribution < 1.29 is 9.52 Å². The van der Waals surface area contributed by atoms with Gasteiger partial charge in [0.1, 0.15) is 11.5 Å². The van der Waals surface area contributed by atoms with Gasteiger partial charge in [0.2, 0.25) is 0 Å². The Morgan fingerprint density at radius 2 is 1.82 bits per heavy atom. The van der Waals surface area contributed by atoms with Gasteiger partial charge in [-0.15, -0.1) is 0 Å². The molecule has 0 unspecified atom stereocenters. The summed E-state index contributed by atoms with van der Waals surface area (Å²) < 4.78 is 5.64. The molecule has 0 saturated carbocycles. The molecule has 0 aliphatic carbocycles. The maximum Gasteiger partial charge on any atom is 0.115 e. The third-order valence-corrected chi connectivity index (χ3v) is 3.27. The molecule has 1 aromatic carbocycles. The van der Waals surface area contributed by atoms with Crippen LogP contribution in [0.15, 0.2) is 41.0 Å². The molecule has 0 saturated heterocycles. The van der Waals surface area contributed by atoms with Crippen LogP contribution in [0.2, 0.25) is 0 Å². The zero-order valence-electron chi connectivity index (χ0n) is 10.5. The summed E-state index contributed by atoms with van der Waals surface area (Å²) in [7, 11) is 0. The van der Waals surface area contributed by atoms with Crippen molar-refractivity contribution in [1.29, 1.82) is 0 Å². The monoisotopic (exact) mass is 230 g/mol. The molecule has 90 valence electrons. The molecule has 17 heavy (non-hydrogen) atoms. The van der Waals surface area contributed by atoms with Gasteiger partial charge in [0.15, 0.2) is 0 Å². The highest BCUT2D eigenvalue weighted by Gasteiger charge is 2.26. The van der Waals surface area contributed by atoms with Crippen LogP contribution >= 0.6 is 0 Å². The lowest BCUT2D eigenvalue weighted by Crippen LogP contribution is -2.17. The third kappa shape index (κ3) is 2.21. The second-order valence-electron chi connectivity index (χ2n) is 4.84. The number of aromatic hydroxyl groups is 1. The largest absolute Gasteiger partial charge is 0.508 e. The molecule has 0 atom stereocenters. The van der Waals surface area contributed by atoms with E-state index in [4.69, 9.17) is 4.42 Å². The minimum Gasteiger partial charge on any atom is -0.508 e. The van der Waals surface area contributed by atoms with Gasteiger partial charge in [0.05, 0.1) is 6.26 Å².